The first-order chi connectivity index (χ1) is 11.7. The van der Waals surface area contributed by atoms with Crippen LogP contribution in [0.5, 0.6) is 0 Å². The second kappa shape index (κ2) is 9.19. The number of Topliss-reactive ketones (excluding diaryl/α,β-unsaturated/α-hetero) is 2. The lowest BCUT2D eigenvalue weighted by atomic mass is 9.96. The average Bonchev–Trinajstić information content (AvgIpc) is 2.47. The molecule has 9 heteroatoms. The van der Waals surface area contributed by atoms with Crippen LogP contribution in [-0.2, 0) is 37.3 Å². The van der Waals surface area contributed by atoms with Crippen molar-refractivity contribution in [3.05, 3.63) is 0 Å². The first-order valence-electron chi connectivity index (χ1n) is 8.02. The van der Waals surface area contributed by atoms with Crippen molar-refractivity contribution in [1.82, 2.24) is 0 Å². The summed E-state index contributed by atoms with van der Waals surface area (Å²) in [5.74, 6) is -3.92. The Bertz CT molecular complexity index is 601. The van der Waals surface area contributed by atoms with Crippen LogP contribution in [0, 0.1) is 16.7 Å². The van der Waals surface area contributed by atoms with Gasteiger partial charge >= 0.3 is 20.5 Å². The molecule has 0 aliphatic rings. The summed E-state index contributed by atoms with van der Waals surface area (Å²) >= 11 is -3.27. The third kappa shape index (κ3) is 6.47. The maximum absolute atomic E-state index is 12.7. The predicted molar refractivity (Wildman–Crippen MR) is 92.0 cm³/mol. The highest BCUT2D eigenvalue weighted by atomic mass is 27.2. The lowest BCUT2D eigenvalue weighted by Crippen LogP contribution is -2.51. The van der Waals surface area contributed by atoms with E-state index in [-0.39, 0.29) is 6.47 Å². The Balaban J connectivity index is 5.34. The minimum absolute atomic E-state index is 0.0715. The molecular formula is C17H25AlO8. The molecule has 0 heterocycles. The molecule has 0 atom stereocenters. The Morgan fingerprint density at radius 2 is 1.38 bits per heavy atom. The van der Waals surface area contributed by atoms with Crippen molar-refractivity contribution in [1.29, 1.82) is 0 Å². The van der Waals surface area contributed by atoms with Gasteiger partial charge in [-0.15, -0.1) is 0 Å². The normalized spacial score (nSPS) is 11.5. The van der Waals surface area contributed by atoms with E-state index in [1.807, 2.05) is 0 Å². The quantitative estimate of drug-likeness (QED) is 0.234. The van der Waals surface area contributed by atoms with Crippen molar-refractivity contribution in [2.24, 2.45) is 16.7 Å². The molecule has 0 aromatic heterocycles. The lowest BCUT2D eigenvalue weighted by molar-refractivity contribution is -0.157. The topological polar surface area (TPSA) is 121 Å². The summed E-state index contributed by atoms with van der Waals surface area (Å²) in [5, 5.41) is 0. The standard InChI is InChI=1S/C11H15O5.C5H9O.CH2O2.Al/c1-7(13)9(8(2)14)10(15)16-6-11(3,4)5-12;1-5(2,3)4-6;2-1-3;/h9H,6H2,1-4H3;1-3H3;1H,(H,2,3);/q;;;+1/p-1. The van der Waals surface area contributed by atoms with Gasteiger partial charge in [0.05, 0.1) is 0 Å². The second-order valence-electron chi connectivity index (χ2n) is 7.74. The van der Waals surface area contributed by atoms with Crippen LogP contribution in [0.15, 0.2) is 0 Å². The maximum atomic E-state index is 12.7. The molecule has 0 spiro atoms. The molecule has 0 unspecified atom stereocenters. The first kappa shape index (κ1) is 24.2. The molecule has 0 aromatic carbocycles. The van der Waals surface area contributed by atoms with Crippen molar-refractivity contribution < 1.29 is 37.3 Å². The molecule has 0 saturated carbocycles. The van der Waals surface area contributed by atoms with Gasteiger partial charge < -0.3 is 18.1 Å². The number of hydrogen-bond acceptors (Lipinski definition) is 8. The van der Waals surface area contributed by atoms with Crippen molar-refractivity contribution in [2.75, 3.05) is 6.61 Å². The van der Waals surface area contributed by atoms with E-state index in [0.29, 0.717) is 0 Å². The number of hydrogen-bond donors (Lipinski definition) is 0. The number of ether oxygens (including phenoxy) is 1. The number of esters is 1. The zero-order valence-electron chi connectivity index (χ0n) is 16.2. The van der Waals surface area contributed by atoms with Crippen LogP contribution >= 0.6 is 0 Å². The summed E-state index contributed by atoms with van der Waals surface area (Å²) in [4.78, 5) is 70.6. The predicted octanol–water partition coefficient (Wildman–Crippen LogP) is 0.777. The van der Waals surface area contributed by atoms with E-state index in [1.54, 1.807) is 20.8 Å². The summed E-state index contributed by atoms with van der Waals surface area (Å²) in [7, 11) is 0. The zero-order chi connectivity index (χ0) is 20.9. The minimum atomic E-state index is -3.27. The van der Waals surface area contributed by atoms with Gasteiger partial charge in [0, 0.05) is 10.8 Å². The van der Waals surface area contributed by atoms with Gasteiger partial charge in [0.15, 0.2) is 17.5 Å². The van der Waals surface area contributed by atoms with E-state index in [9.17, 15) is 28.8 Å². The first-order valence-corrected chi connectivity index (χ1v) is 9.64. The van der Waals surface area contributed by atoms with Gasteiger partial charge in [-0.1, -0.05) is 34.6 Å². The third-order valence-electron chi connectivity index (χ3n) is 3.70. The molecule has 0 amide bonds. The molecule has 0 fully saturated rings. The molecule has 0 N–H and O–H groups in total. The Morgan fingerprint density at radius 3 is 1.73 bits per heavy atom. The fourth-order valence-corrected chi connectivity index (χ4v) is 4.25. The summed E-state index contributed by atoms with van der Waals surface area (Å²) in [5.41, 5.74) is -2.20. The van der Waals surface area contributed by atoms with Crippen LogP contribution < -0.4 is 0 Å². The summed E-state index contributed by atoms with van der Waals surface area (Å²) in [6, 6.07) is 0. The van der Waals surface area contributed by atoms with Gasteiger partial charge in [0.25, 0.3) is 6.47 Å². The van der Waals surface area contributed by atoms with E-state index < -0.39 is 64.7 Å². The molecule has 144 valence electrons. The van der Waals surface area contributed by atoms with Crippen LogP contribution in [0.25, 0.3) is 0 Å². The average molecular weight is 384 g/mol. The molecule has 0 bridgehead atoms. The summed E-state index contributed by atoms with van der Waals surface area (Å²) in [6.45, 7) is 9.48. The van der Waals surface area contributed by atoms with Crippen LogP contribution in [0.2, 0.25) is 0 Å². The molecule has 0 aromatic rings. The molecule has 0 rings (SSSR count). The van der Waals surface area contributed by atoms with Gasteiger partial charge in [0.1, 0.15) is 15.9 Å². The minimum Gasteiger partial charge on any atom is -0.610 e. The molecule has 8 nitrogen and oxygen atoms in total. The van der Waals surface area contributed by atoms with Crippen LogP contribution in [0.3, 0.4) is 0 Å². The smallest absolute Gasteiger partial charge is 0.610 e. The van der Waals surface area contributed by atoms with E-state index in [1.165, 1.54) is 13.8 Å². The Hall–Kier alpha value is -1.85. The Labute approximate surface area is 157 Å². The monoisotopic (exact) mass is 384 g/mol. The number of rotatable bonds is 10. The van der Waals surface area contributed by atoms with Crippen LogP contribution in [0.4, 0.5) is 0 Å². The number of carbonyl (C=O) groups is 6. The molecule has 0 aliphatic carbocycles. The SMILES string of the molecule is CC(=O)C(C(C)=O)C(=O)OCC(C)(C)[C](=O)[Al]([O]C=O)[C](=O)C(C)(C)C. The summed E-state index contributed by atoms with van der Waals surface area (Å²) < 4.78 is 8.72. The largest absolute Gasteiger partial charge is 0.715 e. The lowest BCUT2D eigenvalue weighted by Gasteiger charge is -2.27. The van der Waals surface area contributed by atoms with Crippen molar-refractivity contribution >= 4 is 47.8 Å². The van der Waals surface area contributed by atoms with Crippen LogP contribution in [0.1, 0.15) is 48.5 Å². The van der Waals surface area contributed by atoms with E-state index >= 15 is 0 Å². The van der Waals surface area contributed by atoms with Gasteiger partial charge in [-0.2, -0.15) is 0 Å². The number of carbonyl (C=O) groups excluding carboxylic acids is 6. The van der Waals surface area contributed by atoms with Crippen molar-refractivity contribution in [2.45, 2.75) is 48.5 Å². The fraction of sp³-hybridized carbons (Fsp3) is 0.647. The molecular weight excluding hydrogens is 359 g/mol. The van der Waals surface area contributed by atoms with E-state index in [0.717, 1.165) is 13.8 Å². The Morgan fingerprint density at radius 1 is 0.923 bits per heavy atom. The molecule has 26 heavy (non-hydrogen) atoms. The maximum Gasteiger partial charge on any atom is 0.715 e. The fourth-order valence-electron chi connectivity index (χ4n) is 2.07. The molecule has 0 radical (unpaired) electrons. The highest BCUT2D eigenvalue weighted by Gasteiger charge is 2.52. The van der Waals surface area contributed by atoms with E-state index in [4.69, 9.17) is 8.53 Å². The highest BCUT2D eigenvalue weighted by molar-refractivity contribution is 7.08. The second-order valence-corrected chi connectivity index (χ2v) is 9.82. The zero-order valence-corrected chi connectivity index (χ0v) is 17.4. The van der Waals surface area contributed by atoms with E-state index in [2.05, 4.69) is 0 Å². The number of ketones is 2. The Kier molecular flexibility index (Phi) is 8.54. The van der Waals surface area contributed by atoms with Crippen molar-refractivity contribution in [3.8, 4) is 0 Å². The van der Waals surface area contributed by atoms with Gasteiger partial charge in [-0.05, 0) is 13.8 Å². The molecule has 0 aliphatic heterocycles. The summed E-state index contributed by atoms with van der Waals surface area (Å²) in [6.07, 6.45) is 0. The van der Waals surface area contributed by atoms with Gasteiger partial charge in [0.2, 0.25) is 0 Å². The molecule has 0 saturated heterocycles. The van der Waals surface area contributed by atoms with Gasteiger partial charge in [-0.25, -0.2) is 0 Å². The third-order valence-corrected chi connectivity index (χ3v) is 6.68. The van der Waals surface area contributed by atoms with Gasteiger partial charge in [-0.3, -0.25) is 19.2 Å². The van der Waals surface area contributed by atoms with Crippen molar-refractivity contribution in [3.63, 3.8) is 0 Å². The highest BCUT2D eigenvalue weighted by Crippen LogP contribution is 2.24. The van der Waals surface area contributed by atoms with Crippen LogP contribution in [-0.4, -0.2) is 54.4 Å².